The Morgan fingerprint density at radius 3 is 0.682 bits per heavy atom. The van der Waals surface area contributed by atoms with Gasteiger partial charge in [0, 0.05) is 37.2 Å². The Bertz CT molecular complexity index is 317. The first-order valence-electron chi connectivity index (χ1n) is 5.46. The molecule has 0 aliphatic heterocycles. The van der Waals surface area contributed by atoms with Gasteiger partial charge in [0.05, 0.1) is 0 Å². The van der Waals surface area contributed by atoms with E-state index in [0.29, 0.717) is 0 Å². The first-order chi connectivity index (χ1) is 9.38. The molecule has 0 aromatic carbocycles. The van der Waals surface area contributed by atoms with Crippen LogP contribution in [0.15, 0.2) is 0 Å². The third-order valence-electron chi connectivity index (χ3n) is 1.18. The summed E-state index contributed by atoms with van der Waals surface area (Å²) in [4.78, 5) is 57.9. The molecular formula is C12H15O9Tb. The standard InChI is InChI=1S/3C4H6O3.Tb/c3*1-3(5)2-4(6)7;/h3*2H2,1H3,(H,6,7);/q;;;+3/p-3. The van der Waals surface area contributed by atoms with Crippen molar-refractivity contribution in [2.45, 2.75) is 40.0 Å². The van der Waals surface area contributed by atoms with Gasteiger partial charge in [-0.05, 0) is 20.8 Å². The van der Waals surface area contributed by atoms with Crippen molar-refractivity contribution < 1.29 is 82.7 Å². The SMILES string of the molecule is CC(=O)CC(=O)[O-].CC(=O)CC(=O)[O-].CC(=O)CC(=O)[O-].[Tb+3]. The van der Waals surface area contributed by atoms with E-state index in [1.807, 2.05) is 0 Å². The smallest absolute Gasteiger partial charge is 0.550 e. The molecular weight excluding hydrogens is 447 g/mol. The summed E-state index contributed by atoms with van der Waals surface area (Å²) in [6.07, 6.45) is -1.42. The molecule has 0 fully saturated rings. The zero-order chi connectivity index (χ0) is 17.6. The van der Waals surface area contributed by atoms with Crippen molar-refractivity contribution >= 4 is 35.3 Å². The monoisotopic (exact) mass is 462 g/mol. The summed E-state index contributed by atoms with van der Waals surface area (Å²) >= 11 is 0. The van der Waals surface area contributed by atoms with Crippen molar-refractivity contribution in [2.24, 2.45) is 0 Å². The number of carboxylic acids is 3. The second kappa shape index (κ2) is 17.8. The van der Waals surface area contributed by atoms with Crippen LogP contribution in [0.4, 0.5) is 0 Å². The topological polar surface area (TPSA) is 172 Å². The zero-order valence-electron chi connectivity index (χ0n) is 12.1. The minimum atomic E-state index is -1.31. The molecule has 22 heavy (non-hydrogen) atoms. The molecule has 0 rings (SSSR count). The summed E-state index contributed by atoms with van der Waals surface area (Å²) in [5, 5.41) is 28.4. The van der Waals surface area contributed by atoms with Crippen LogP contribution in [0.2, 0.25) is 0 Å². The Morgan fingerprint density at radius 1 is 0.545 bits per heavy atom. The molecule has 0 aromatic rings. The first kappa shape index (κ1) is 28.8. The Kier molecular flexibility index (Phi) is 23.3. The van der Waals surface area contributed by atoms with Crippen LogP contribution in [0.25, 0.3) is 0 Å². The second-order valence-electron chi connectivity index (χ2n) is 3.75. The van der Waals surface area contributed by atoms with Crippen LogP contribution in [0, 0.1) is 38.6 Å². The van der Waals surface area contributed by atoms with Crippen LogP contribution in [-0.4, -0.2) is 35.3 Å². The van der Waals surface area contributed by atoms with Crippen LogP contribution in [0.1, 0.15) is 40.0 Å². The van der Waals surface area contributed by atoms with Gasteiger partial charge in [-0.2, -0.15) is 0 Å². The molecule has 0 saturated carbocycles. The molecule has 9 nitrogen and oxygen atoms in total. The van der Waals surface area contributed by atoms with Gasteiger partial charge in [-0.15, -0.1) is 0 Å². The summed E-state index contributed by atoms with van der Waals surface area (Å²) in [6, 6.07) is 0. The molecule has 0 atom stereocenters. The molecule has 0 bridgehead atoms. The molecule has 0 aliphatic rings. The summed E-state index contributed by atoms with van der Waals surface area (Å²) in [5.41, 5.74) is 0. The van der Waals surface area contributed by atoms with E-state index in [9.17, 15) is 44.1 Å². The Labute approximate surface area is 157 Å². The summed E-state index contributed by atoms with van der Waals surface area (Å²) in [5.74, 6) is -5.06. The molecule has 0 saturated heterocycles. The third kappa shape index (κ3) is 51.2. The van der Waals surface area contributed by atoms with Crippen LogP contribution >= 0.6 is 0 Å². The van der Waals surface area contributed by atoms with Crippen molar-refractivity contribution in [3.63, 3.8) is 0 Å². The molecule has 0 unspecified atom stereocenters. The molecule has 0 aromatic heterocycles. The van der Waals surface area contributed by atoms with Crippen molar-refractivity contribution in [1.29, 1.82) is 0 Å². The van der Waals surface area contributed by atoms with E-state index in [1.165, 1.54) is 20.8 Å². The predicted octanol–water partition coefficient (Wildman–Crippen LogP) is -3.85. The van der Waals surface area contributed by atoms with Crippen LogP contribution in [0.5, 0.6) is 0 Å². The van der Waals surface area contributed by atoms with Crippen molar-refractivity contribution in [1.82, 2.24) is 0 Å². The van der Waals surface area contributed by atoms with Crippen LogP contribution in [-0.2, 0) is 28.8 Å². The third-order valence-corrected chi connectivity index (χ3v) is 1.18. The average molecular weight is 462 g/mol. The maximum absolute atomic E-state index is 9.83. The minimum absolute atomic E-state index is 0. The van der Waals surface area contributed by atoms with Gasteiger partial charge in [-0.25, -0.2) is 0 Å². The van der Waals surface area contributed by atoms with Crippen molar-refractivity contribution in [3.05, 3.63) is 0 Å². The van der Waals surface area contributed by atoms with Gasteiger partial charge < -0.3 is 29.7 Å². The van der Waals surface area contributed by atoms with E-state index in [4.69, 9.17) is 0 Å². The molecule has 0 spiro atoms. The van der Waals surface area contributed by atoms with Gasteiger partial charge in [0.1, 0.15) is 17.3 Å². The number of ketones is 3. The van der Waals surface area contributed by atoms with E-state index in [1.54, 1.807) is 0 Å². The number of aliphatic carboxylic acids is 3. The van der Waals surface area contributed by atoms with Gasteiger partial charge in [-0.1, -0.05) is 0 Å². The molecule has 0 aliphatic carbocycles. The van der Waals surface area contributed by atoms with E-state index in [-0.39, 0.29) is 56.0 Å². The quantitative estimate of drug-likeness (QED) is 0.358. The molecule has 126 valence electrons. The molecule has 0 radical (unpaired) electrons. The predicted molar refractivity (Wildman–Crippen MR) is 60.9 cm³/mol. The Morgan fingerprint density at radius 2 is 0.682 bits per heavy atom. The summed E-state index contributed by atoms with van der Waals surface area (Å²) in [7, 11) is 0. The maximum Gasteiger partial charge on any atom is 3.00 e. The van der Waals surface area contributed by atoms with Gasteiger partial charge in [0.15, 0.2) is 0 Å². The van der Waals surface area contributed by atoms with Crippen molar-refractivity contribution in [2.75, 3.05) is 0 Å². The molecule has 0 amide bonds. The van der Waals surface area contributed by atoms with E-state index in [0.717, 1.165) is 0 Å². The fourth-order valence-corrected chi connectivity index (χ4v) is 0.610. The van der Waals surface area contributed by atoms with E-state index >= 15 is 0 Å². The molecule has 0 N–H and O–H groups in total. The number of carbonyl (C=O) groups is 6. The van der Waals surface area contributed by atoms with Crippen LogP contribution in [0.3, 0.4) is 0 Å². The molecule has 10 heteroatoms. The van der Waals surface area contributed by atoms with Gasteiger partial charge in [0.2, 0.25) is 0 Å². The number of hydrogen-bond acceptors (Lipinski definition) is 9. The minimum Gasteiger partial charge on any atom is -0.550 e. The maximum atomic E-state index is 9.83. The largest absolute Gasteiger partial charge is 3.00 e. The van der Waals surface area contributed by atoms with Crippen molar-refractivity contribution in [3.8, 4) is 0 Å². The summed E-state index contributed by atoms with van der Waals surface area (Å²) in [6.45, 7) is 3.61. The van der Waals surface area contributed by atoms with Gasteiger partial charge in [0.25, 0.3) is 0 Å². The number of carbonyl (C=O) groups excluding carboxylic acids is 6. The first-order valence-corrected chi connectivity index (χ1v) is 5.46. The fourth-order valence-electron chi connectivity index (χ4n) is 0.610. The average Bonchev–Trinajstić information content (AvgIpc) is 2.10. The fraction of sp³-hybridized carbons (Fsp3) is 0.500. The number of Topliss-reactive ketones (excluding diaryl/α,β-unsaturated/α-hetero) is 3. The zero-order valence-corrected chi connectivity index (χ0v) is 14.3. The van der Waals surface area contributed by atoms with Crippen LogP contribution < -0.4 is 15.3 Å². The van der Waals surface area contributed by atoms with E-state index < -0.39 is 37.2 Å². The summed E-state index contributed by atoms with van der Waals surface area (Å²) < 4.78 is 0. The Balaban J connectivity index is -0.000000108. The number of hydrogen-bond donors (Lipinski definition) is 0. The number of carboxylic acid groups (broad SMARTS) is 3. The Hall–Kier alpha value is -1.29. The van der Waals surface area contributed by atoms with Gasteiger partial charge >= 0.3 is 38.6 Å². The second-order valence-corrected chi connectivity index (χ2v) is 3.75. The van der Waals surface area contributed by atoms with E-state index in [2.05, 4.69) is 0 Å². The molecule has 0 heterocycles. The number of rotatable bonds is 6. The normalized spacial score (nSPS) is 7.77. The van der Waals surface area contributed by atoms with Gasteiger partial charge in [-0.3, -0.25) is 14.4 Å².